The maximum absolute atomic E-state index is 8.85. The van der Waals surface area contributed by atoms with Crippen LogP contribution in [0, 0.1) is 0 Å². The first-order chi connectivity index (χ1) is 4.20. The van der Waals surface area contributed by atoms with Crippen LogP contribution in [0.25, 0.3) is 0 Å². The summed E-state index contributed by atoms with van der Waals surface area (Å²) in [5.41, 5.74) is 0. The smallest absolute Gasteiger partial charge is 0.134 e. The number of aromatic hydroxyl groups is 1. The van der Waals surface area contributed by atoms with Gasteiger partial charge in [-0.15, -0.1) is 0 Å². The van der Waals surface area contributed by atoms with Crippen LogP contribution in [-0.2, 0) is 0 Å². The second-order valence-corrected chi connectivity index (χ2v) is 2.44. The quantitative estimate of drug-likeness (QED) is 0.641. The van der Waals surface area contributed by atoms with Crippen LogP contribution in [0.15, 0.2) is 18.2 Å². The minimum Gasteiger partial charge on any atom is -0.506 e. The summed E-state index contributed by atoms with van der Waals surface area (Å²) in [5.74, 6) is 0.0565. The van der Waals surface area contributed by atoms with Crippen molar-refractivity contribution in [3.63, 3.8) is 0 Å². The second-order valence-electron chi connectivity index (χ2n) is 1.60. The predicted octanol–water partition coefficient (Wildman–Crippen LogP) is 2.32. The molecule has 0 aliphatic rings. The van der Waals surface area contributed by atoms with Crippen molar-refractivity contribution in [2.75, 3.05) is 0 Å². The summed E-state index contributed by atoms with van der Waals surface area (Å²) < 4.78 is 0. The first-order valence-electron chi connectivity index (χ1n) is 2.34. The van der Waals surface area contributed by atoms with Crippen LogP contribution in [-0.4, -0.2) is 42.8 Å². The molecule has 1 nitrogen and oxygen atoms in total. The summed E-state index contributed by atoms with van der Waals surface area (Å²) in [7, 11) is 0. The Balaban J connectivity index is 0.000000810. The number of phenols is 1. The number of rotatable bonds is 0. The average Bonchev–Trinajstić information content (AvgIpc) is 1.80. The molecule has 4 heteroatoms. The van der Waals surface area contributed by atoms with Crippen molar-refractivity contribution in [3.8, 4) is 5.75 Å². The Bertz CT molecular complexity index is 227. The van der Waals surface area contributed by atoms with Gasteiger partial charge in [-0.25, -0.2) is 0 Å². The number of benzene rings is 1. The number of phenolic OH excluding ortho intramolecular Hbond substituents is 1. The van der Waals surface area contributed by atoms with Gasteiger partial charge in [0, 0.05) is 42.8 Å². The summed E-state index contributed by atoms with van der Waals surface area (Å²) in [5, 5.41) is 9.66. The van der Waals surface area contributed by atoms with Crippen molar-refractivity contribution in [1.29, 1.82) is 0 Å². The van der Waals surface area contributed by atoms with E-state index >= 15 is 0 Å². The van der Waals surface area contributed by atoms with Gasteiger partial charge in [-0.05, 0) is 18.2 Å². The molecule has 0 unspecified atom stereocenters. The Labute approximate surface area is 98.9 Å². The zero-order chi connectivity index (χ0) is 6.85. The third kappa shape index (κ3) is 2.85. The van der Waals surface area contributed by atoms with E-state index in [1.807, 2.05) is 0 Å². The van der Waals surface area contributed by atoms with E-state index in [-0.39, 0.29) is 48.5 Å². The second kappa shape index (κ2) is 4.68. The van der Waals surface area contributed by atoms with Crippen molar-refractivity contribution in [2.24, 2.45) is 0 Å². The van der Waals surface area contributed by atoms with E-state index in [0.29, 0.717) is 5.02 Å². The SMILES string of the molecule is Oc1ccc(Cl)cc1Cl.[Ca]. The van der Waals surface area contributed by atoms with Crippen LogP contribution in [0.3, 0.4) is 0 Å². The maximum Gasteiger partial charge on any atom is 0.134 e. The van der Waals surface area contributed by atoms with Crippen molar-refractivity contribution in [3.05, 3.63) is 28.2 Å². The van der Waals surface area contributed by atoms with Gasteiger partial charge in [0.2, 0.25) is 0 Å². The Morgan fingerprint density at radius 1 is 1.20 bits per heavy atom. The molecule has 0 fully saturated rings. The molecule has 0 atom stereocenters. The monoisotopic (exact) mass is 202 g/mol. The molecule has 0 amide bonds. The molecule has 10 heavy (non-hydrogen) atoms. The molecule has 0 spiro atoms. The fourth-order valence-corrected chi connectivity index (χ4v) is 0.890. The van der Waals surface area contributed by atoms with Gasteiger partial charge < -0.3 is 5.11 Å². The Kier molecular flexibility index (Phi) is 5.08. The number of hydrogen-bond donors (Lipinski definition) is 1. The van der Waals surface area contributed by atoms with Crippen LogP contribution in [0.4, 0.5) is 0 Å². The fraction of sp³-hybridized carbons (Fsp3) is 0. The summed E-state index contributed by atoms with van der Waals surface area (Å²) in [6.07, 6.45) is 0. The van der Waals surface area contributed by atoms with Crippen molar-refractivity contribution < 1.29 is 5.11 Å². The first-order valence-corrected chi connectivity index (χ1v) is 3.10. The zero-order valence-electron chi connectivity index (χ0n) is 5.14. The number of hydrogen-bond acceptors (Lipinski definition) is 1. The van der Waals surface area contributed by atoms with E-state index in [9.17, 15) is 0 Å². The van der Waals surface area contributed by atoms with Gasteiger partial charge in [0.05, 0.1) is 5.02 Å². The van der Waals surface area contributed by atoms with E-state index in [1.165, 1.54) is 12.1 Å². The molecule has 50 valence electrons. The third-order valence-corrected chi connectivity index (χ3v) is 1.45. The molecule has 0 aliphatic carbocycles. The molecule has 0 bridgehead atoms. The fourth-order valence-electron chi connectivity index (χ4n) is 0.481. The molecule has 0 heterocycles. The molecule has 0 aromatic heterocycles. The van der Waals surface area contributed by atoms with Gasteiger partial charge in [-0.3, -0.25) is 0 Å². The van der Waals surface area contributed by atoms with Gasteiger partial charge >= 0.3 is 0 Å². The minimum atomic E-state index is 0. The van der Waals surface area contributed by atoms with E-state index in [1.54, 1.807) is 6.07 Å². The van der Waals surface area contributed by atoms with Gasteiger partial charge in [-0.2, -0.15) is 0 Å². The molecule has 1 N–H and O–H groups in total. The number of halogens is 2. The van der Waals surface area contributed by atoms with Crippen molar-refractivity contribution in [1.82, 2.24) is 0 Å². The molecule has 2 radical (unpaired) electrons. The largest absolute Gasteiger partial charge is 0.506 e. The van der Waals surface area contributed by atoms with Crippen LogP contribution < -0.4 is 0 Å². The molecule has 1 aromatic rings. The summed E-state index contributed by atoms with van der Waals surface area (Å²) in [4.78, 5) is 0. The minimum absolute atomic E-state index is 0. The standard InChI is InChI=1S/C6H4Cl2O.Ca/c7-4-1-2-6(9)5(8)3-4;/h1-3,9H;. The summed E-state index contributed by atoms with van der Waals surface area (Å²) in [6.45, 7) is 0. The molecular formula is C6H4CaCl2O. The Hall–Kier alpha value is 0.860. The molecular weight excluding hydrogens is 199 g/mol. The van der Waals surface area contributed by atoms with Gasteiger partial charge in [0.25, 0.3) is 0 Å². The van der Waals surface area contributed by atoms with Crippen molar-refractivity contribution in [2.45, 2.75) is 0 Å². The van der Waals surface area contributed by atoms with Crippen LogP contribution >= 0.6 is 23.2 Å². The maximum atomic E-state index is 8.85. The van der Waals surface area contributed by atoms with Crippen LogP contribution in [0.5, 0.6) is 5.75 Å². The molecule has 1 rings (SSSR count). The molecule has 0 aliphatic heterocycles. The van der Waals surface area contributed by atoms with Crippen molar-refractivity contribution >= 4 is 60.9 Å². The zero-order valence-corrected chi connectivity index (χ0v) is 8.86. The van der Waals surface area contributed by atoms with Crippen LogP contribution in [0.2, 0.25) is 10.0 Å². The molecule has 1 aromatic carbocycles. The van der Waals surface area contributed by atoms with E-state index in [2.05, 4.69) is 0 Å². The Morgan fingerprint density at radius 3 is 2.20 bits per heavy atom. The van der Waals surface area contributed by atoms with Gasteiger partial charge in [0.1, 0.15) is 5.75 Å². The Morgan fingerprint density at radius 2 is 1.80 bits per heavy atom. The van der Waals surface area contributed by atoms with E-state index < -0.39 is 0 Å². The first kappa shape index (κ1) is 10.9. The predicted molar refractivity (Wildman–Crippen MR) is 43.9 cm³/mol. The van der Waals surface area contributed by atoms with E-state index in [0.717, 1.165) is 0 Å². The van der Waals surface area contributed by atoms with Crippen LogP contribution in [0.1, 0.15) is 0 Å². The molecule has 0 saturated carbocycles. The normalized spacial score (nSPS) is 8.60. The third-order valence-electron chi connectivity index (χ3n) is 0.910. The van der Waals surface area contributed by atoms with Gasteiger partial charge in [-0.1, -0.05) is 23.2 Å². The topological polar surface area (TPSA) is 20.2 Å². The summed E-state index contributed by atoms with van der Waals surface area (Å²) >= 11 is 11.0. The van der Waals surface area contributed by atoms with E-state index in [4.69, 9.17) is 28.3 Å². The molecule has 0 saturated heterocycles. The van der Waals surface area contributed by atoms with Gasteiger partial charge in [0.15, 0.2) is 0 Å². The summed E-state index contributed by atoms with van der Waals surface area (Å²) in [6, 6.07) is 4.51. The average molecular weight is 203 g/mol.